The van der Waals surface area contributed by atoms with Crippen molar-refractivity contribution in [2.24, 2.45) is 5.73 Å². The number of nitrogens with zero attached hydrogens (tertiary/aromatic N) is 1. The molecule has 0 unspecified atom stereocenters. The normalized spacial score (nSPS) is 26.7. The molecule has 0 saturated carbocycles. The molecule has 0 aliphatic carbocycles. The van der Waals surface area contributed by atoms with Crippen LogP contribution in [0.25, 0.3) is 0 Å². The van der Waals surface area contributed by atoms with E-state index in [9.17, 15) is 5.21 Å². The first-order chi connectivity index (χ1) is 13.0. The van der Waals surface area contributed by atoms with E-state index in [4.69, 9.17) is 20.3 Å². The predicted octanol–water partition coefficient (Wildman–Crippen LogP) is 3.48. The third-order valence-electron chi connectivity index (χ3n) is 5.79. The number of hydrogen-bond acceptors (Lipinski definition) is 6. The van der Waals surface area contributed by atoms with Crippen molar-refractivity contribution < 1.29 is 19.8 Å². The smallest absolute Gasteiger partial charge is 0.0525 e. The van der Waals surface area contributed by atoms with Crippen LogP contribution in [0.15, 0.2) is 0 Å². The first-order valence-electron chi connectivity index (χ1n) is 11.0. The summed E-state index contributed by atoms with van der Waals surface area (Å²) in [6.45, 7) is 9.66. The van der Waals surface area contributed by atoms with Crippen molar-refractivity contribution in [1.29, 1.82) is 0 Å². The first kappa shape index (κ1) is 24.8. The molecule has 3 heterocycles. The summed E-state index contributed by atoms with van der Waals surface area (Å²) in [5, 5.41) is 20.7. The van der Waals surface area contributed by atoms with Crippen molar-refractivity contribution in [3.8, 4) is 0 Å². The van der Waals surface area contributed by atoms with Crippen LogP contribution < -0.4 is 5.73 Å². The van der Waals surface area contributed by atoms with E-state index in [1.54, 1.807) is 5.06 Å². The Kier molecular flexibility index (Phi) is 12.0. The zero-order valence-electron chi connectivity index (χ0n) is 17.9. The van der Waals surface area contributed by atoms with Crippen molar-refractivity contribution in [1.82, 2.24) is 5.06 Å². The number of unbranched alkanes of at least 4 members (excludes halogenated alkanes) is 2. The first-order valence-corrected chi connectivity index (χ1v) is 11.0. The summed E-state index contributed by atoms with van der Waals surface area (Å²) in [6.07, 6.45) is 9.90. The fraction of sp³-hybridized carbons (Fsp3) is 1.00. The standard InChI is InChI=1S/C13H24N2O3.C5H12O.C3H8/c14-11-9-12(1-5-17-6-2-12)15(16)13(10-11)3-7-18-8-4-13;1-2-3-4-5-6;1-3-2/h11,16H,1-10,14H2;6H,2-5H2,1H3;3H2,1-2H3. The van der Waals surface area contributed by atoms with Gasteiger partial charge >= 0.3 is 0 Å². The van der Waals surface area contributed by atoms with Crippen LogP contribution in [0.5, 0.6) is 0 Å². The lowest BCUT2D eigenvalue weighted by Gasteiger charge is -2.58. The average molecular weight is 389 g/mol. The number of hydrogen-bond donors (Lipinski definition) is 3. The highest BCUT2D eigenvalue weighted by Crippen LogP contribution is 2.46. The Bertz CT molecular complexity index is 337. The van der Waals surface area contributed by atoms with E-state index in [0.29, 0.717) is 6.61 Å². The van der Waals surface area contributed by atoms with Gasteiger partial charge in [0.05, 0.1) is 11.1 Å². The highest BCUT2D eigenvalue weighted by atomic mass is 16.5. The summed E-state index contributed by atoms with van der Waals surface area (Å²) in [5.74, 6) is 0. The second kappa shape index (κ2) is 13.1. The Labute approximate surface area is 166 Å². The highest BCUT2D eigenvalue weighted by Gasteiger charge is 2.54. The maximum atomic E-state index is 10.8. The lowest BCUT2D eigenvalue weighted by atomic mass is 9.69. The molecule has 162 valence electrons. The quantitative estimate of drug-likeness (QED) is 0.642. The molecule has 3 aliphatic rings. The molecule has 6 heteroatoms. The van der Waals surface area contributed by atoms with Gasteiger partial charge in [-0.3, -0.25) is 0 Å². The molecular weight excluding hydrogens is 344 g/mol. The monoisotopic (exact) mass is 388 g/mol. The summed E-state index contributed by atoms with van der Waals surface area (Å²) in [6, 6.07) is 0.185. The van der Waals surface area contributed by atoms with Gasteiger partial charge in [0.1, 0.15) is 0 Å². The summed E-state index contributed by atoms with van der Waals surface area (Å²) in [5.41, 5.74) is 5.97. The van der Waals surface area contributed by atoms with E-state index in [2.05, 4.69) is 20.8 Å². The Balaban J connectivity index is 0.000000343. The van der Waals surface area contributed by atoms with E-state index in [0.717, 1.165) is 77.8 Å². The van der Waals surface area contributed by atoms with Gasteiger partial charge in [-0.15, -0.1) is 0 Å². The molecule has 0 aromatic heterocycles. The minimum atomic E-state index is -0.159. The van der Waals surface area contributed by atoms with Crippen LogP contribution in [-0.4, -0.2) is 65.5 Å². The summed E-state index contributed by atoms with van der Waals surface area (Å²) in [4.78, 5) is 0. The van der Waals surface area contributed by atoms with Gasteiger partial charge in [-0.1, -0.05) is 40.0 Å². The minimum absolute atomic E-state index is 0.159. The maximum Gasteiger partial charge on any atom is 0.0525 e. The summed E-state index contributed by atoms with van der Waals surface area (Å²) >= 11 is 0. The molecule has 3 rings (SSSR count). The van der Waals surface area contributed by atoms with Crippen LogP contribution in [-0.2, 0) is 9.47 Å². The molecule has 27 heavy (non-hydrogen) atoms. The van der Waals surface area contributed by atoms with Gasteiger partial charge in [-0.05, 0) is 44.9 Å². The summed E-state index contributed by atoms with van der Waals surface area (Å²) in [7, 11) is 0. The van der Waals surface area contributed by atoms with E-state index < -0.39 is 0 Å². The van der Waals surface area contributed by atoms with Crippen LogP contribution in [0.1, 0.15) is 85.0 Å². The second-order valence-electron chi connectivity index (χ2n) is 8.29. The largest absolute Gasteiger partial charge is 0.396 e. The van der Waals surface area contributed by atoms with Crippen molar-refractivity contribution in [2.75, 3.05) is 33.0 Å². The van der Waals surface area contributed by atoms with Crippen LogP contribution in [0, 0.1) is 0 Å². The maximum absolute atomic E-state index is 10.8. The van der Waals surface area contributed by atoms with Gasteiger partial charge in [0.25, 0.3) is 0 Å². The van der Waals surface area contributed by atoms with Gasteiger partial charge in [0, 0.05) is 39.1 Å². The van der Waals surface area contributed by atoms with Crippen LogP contribution in [0.4, 0.5) is 0 Å². The zero-order chi connectivity index (χ0) is 20.2. The molecule has 3 aliphatic heterocycles. The molecule has 4 N–H and O–H groups in total. The Morgan fingerprint density at radius 3 is 1.59 bits per heavy atom. The average Bonchev–Trinajstić information content (AvgIpc) is 2.67. The third-order valence-corrected chi connectivity index (χ3v) is 5.79. The molecule has 0 radical (unpaired) electrons. The van der Waals surface area contributed by atoms with Gasteiger partial charge in [-0.25, -0.2) is 0 Å². The number of rotatable bonds is 3. The molecule has 0 bridgehead atoms. The van der Waals surface area contributed by atoms with Gasteiger partial charge in [-0.2, -0.15) is 5.06 Å². The van der Waals surface area contributed by atoms with Gasteiger partial charge < -0.3 is 25.5 Å². The van der Waals surface area contributed by atoms with Crippen molar-refractivity contribution in [3.05, 3.63) is 0 Å². The number of ether oxygens (including phenoxy) is 2. The lowest BCUT2D eigenvalue weighted by molar-refractivity contribution is -0.293. The molecule has 2 spiro atoms. The van der Waals surface area contributed by atoms with Gasteiger partial charge in [0.15, 0.2) is 0 Å². The van der Waals surface area contributed by atoms with Crippen LogP contribution in [0.2, 0.25) is 0 Å². The Morgan fingerprint density at radius 2 is 1.30 bits per heavy atom. The number of piperidine rings is 1. The van der Waals surface area contributed by atoms with E-state index >= 15 is 0 Å². The van der Waals surface area contributed by atoms with Crippen LogP contribution in [0.3, 0.4) is 0 Å². The Hall–Kier alpha value is -0.240. The number of nitrogens with two attached hydrogens (primary N) is 1. The summed E-state index contributed by atoms with van der Waals surface area (Å²) < 4.78 is 10.9. The predicted molar refractivity (Wildman–Crippen MR) is 109 cm³/mol. The molecule has 0 amide bonds. The molecule has 3 fully saturated rings. The van der Waals surface area contributed by atoms with E-state index in [1.165, 1.54) is 12.8 Å². The Morgan fingerprint density at radius 1 is 0.889 bits per heavy atom. The fourth-order valence-corrected chi connectivity index (χ4v) is 4.42. The number of aliphatic hydroxyl groups is 1. The molecule has 3 saturated heterocycles. The zero-order valence-corrected chi connectivity index (χ0v) is 17.9. The number of hydroxylamine groups is 2. The van der Waals surface area contributed by atoms with Crippen LogP contribution >= 0.6 is 0 Å². The fourth-order valence-electron chi connectivity index (χ4n) is 4.42. The van der Waals surface area contributed by atoms with Gasteiger partial charge in [0.2, 0.25) is 0 Å². The molecule has 6 nitrogen and oxygen atoms in total. The second-order valence-corrected chi connectivity index (χ2v) is 8.29. The van der Waals surface area contributed by atoms with E-state index in [1.807, 2.05) is 0 Å². The molecule has 0 aromatic carbocycles. The third kappa shape index (κ3) is 7.26. The SMILES string of the molecule is CCC.CCCCCO.NC1CC2(CCOCC2)N(O)C2(CCOCC2)C1. The van der Waals surface area contributed by atoms with Crippen molar-refractivity contribution in [3.63, 3.8) is 0 Å². The van der Waals surface area contributed by atoms with Crippen molar-refractivity contribution >= 4 is 0 Å². The van der Waals surface area contributed by atoms with Crippen molar-refractivity contribution in [2.45, 2.75) is 102 Å². The lowest BCUT2D eigenvalue weighted by Crippen LogP contribution is -2.68. The minimum Gasteiger partial charge on any atom is -0.396 e. The molecule has 0 atom stereocenters. The topological polar surface area (TPSA) is 88.2 Å². The molecular formula is C21H44N2O4. The molecule has 0 aromatic rings. The highest BCUT2D eigenvalue weighted by molar-refractivity contribution is 5.07. The number of aliphatic hydroxyl groups excluding tert-OH is 1. The van der Waals surface area contributed by atoms with E-state index in [-0.39, 0.29) is 17.1 Å².